The second-order valence-electron chi connectivity index (χ2n) is 7.51. The molecule has 0 N–H and O–H groups in total. The minimum Gasteiger partial charge on any atom is -0.391 e. The SMILES string of the molecule is C=C[Si](C)(OCCCCCCCCC)OCCCCCCCCCC. The Balaban J connectivity index is 3.52. The standard InChI is InChI=1S/C22H46O2Si/c1-5-8-10-12-14-16-18-20-22-24-25(4,7-3)23-21-19-17-15-13-11-9-6-2/h7H,3,5-6,8-22H2,1-2,4H3. The summed E-state index contributed by atoms with van der Waals surface area (Å²) in [4.78, 5) is 0. The maximum absolute atomic E-state index is 6.08. The second-order valence-corrected chi connectivity index (χ2v) is 10.5. The number of hydrogen-bond acceptors (Lipinski definition) is 2. The van der Waals surface area contributed by atoms with Crippen molar-refractivity contribution in [2.24, 2.45) is 0 Å². The summed E-state index contributed by atoms with van der Waals surface area (Å²) in [5.74, 6) is 0. The molecular weight excluding hydrogens is 324 g/mol. The van der Waals surface area contributed by atoms with Crippen LogP contribution in [0.25, 0.3) is 0 Å². The van der Waals surface area contributed by atoms with Crippen LogP contribution in [0.1, 0.15) is 110 Å². The zero-order chi connectivity index (χ0) is 18.6. The van der Waals surface area contributed by atoms with Gasteiger partial charge in [-0.25, -0.2) is 0 Å². The Morgan fingerprint density at radius 3 is 1.24 bits per heavy atom. The molecule has 0 saturated carbocycles. The van der Waals surface area contributed by atoms with E-state index in [0.717, 1.165) is 26.1 Å². The van der Waals surface area contributed by atoms with Crippen molar-refractivity contribution in [3.05, 3.63) is 12.3 Å². The van der Waals surface area contributed by atoms with Gasteiger partial charge in [-0.1, -0.05) is 97.3 Å². The molecule has 0 fully saturated rings. The van der Waals surface area contributed by atoms with E-state index in [4.69, 9.17) is 8.85 Å². The van der Waals surface area contributed by atoms with Crippen LogP contribution in [-0.4, -0.2) is 21.8 Å². The molecule has 0 aromatic rings. The van der Waals surface area contributed by atoms with E-state index < -0.39 is 8.56 Å². The lowest BCUT2D eigenvalue weighted by molar-refractivity contribution is 0.177. The smallest absolute Gasteiger partial charge is 0.361 e. The summed E-state index contributed by atoms with van der Waals surface area (Å²) in [6.07, 6.45) is 19.9. The van der Waals surface area contributed by atoms with Gasteiger partial charge in [-0.15, -0.1) is 6.58 Å². The monoisotopic (exact) mass is 370 g/mol. The Morgan fingerprint density at radius 1 is 0.600 bits per heavy atom. The van der Waals surface area contributed by atoms with E-state index in [1.807, 2.05) is 5.70 Å². The van der Waals surface area contributed by atoms with E-state index in [-0.39, 0.29) is 0 Å². The van der Waals surface area contributed by atoms with Crippen molar-refractivity contribution in [2.75, 3.05) is 13.2 Å². The maximum atomic E-state index is 6.08. The van der Waals surface area contributed by atoms with Gasteiger partial charge in [0.15, 0.2) is 0 Å². The highest BCUT2D eigenvalue weighted by Gasteiger charge is 2.26. The van der Waals surface area contributed by atoms with Crippen LogP contribution in [0.3, 0.4) is 0 Å². The van der Waals surface area contributed by atoms with Crippen LogP contribution in [0.15, 0.2) is 12.3 Å². The minimum absolute atomic E-state index is 0.833. The third kappa shape index (κ3) is 17.1. The van der Waals surface area contributed by atoms with Gasteiger partial charge in [-0.2, -0.15) is 0 Å². The minimum atomic E-state index is -2.13. The Bertz CT molecular complexity index is 283. The first-order chi connectivity index (χ1) is 12.2. The Kier molecular flexibility index (Phi) is 18.6. The first-order valence-electron chi connectivity index (χ1n) is 11.1. The molecule has 1 unspecified atom stereocenters. The summed E-state index contributed by atoms with van der Waals surface area (Å²) >= 11 is 0. The predicted molar refractivity (Wildman–Crippen MR) is 114 cm³/mol. The molecule has 0 amide bonds. The fraction of sp³-hybridized carbons (Fsp3) is 0.909. The Hall–Kier alpha value is -0.123. The molecule has 0 heterocycles. The molecule has 2 nitrogen and oxygen atoms in total. The van der Waals surface area contributed by atoms with E-state index in [0.29, 0.717) is 0 Å². The van der Waals surface area contributed by atoms with Gasteiger partial charge in [0.05, 0.1) is 0 Å². The number of rotatable bonds is 20. The molecule has 3 heteroatoms. The van der Waals surface area contributed by atoms with Crippen molar-refractivity contribution in [2.45, 2.75) is 117 Å². The van der Waals surface area contributed by atoms with Gasteiger partial charge >= 0.3 is 8.56 Å². The molecule has 0 bridgehead atoms. The zero-order valence-electron chi connectivity index (χ0n) is 17.6. The predicted octanol–water partition coefficient (Wildman–Crippen LogP) is 7.71. The lowest BCUT2D eigenvalue weighted by Gasteiger charge is -2.23. The van der Waals surface area contributed by atoms with Crippen LogP contribution in [0.2, 0.25) is 6.55 Å². The summed E-state index contributed by atoms with van der Waals surface area (Å²) in [7, 11) is -2.13. The van der Waals surface area contributed by atoms with Gasteiger partial charge in [0.1, 0.15) is 0 Å². The molecular formula is C22H46O2Si. The zero-order valence-corrected chi connectivity index (χ0v) is 18.6. The van der Waals surface area contributed by atoms with Crippen molar-refractivity contribution in [1.29, 1.82) is 0 Å². The quantitative estimate of drug-likeness (QED) is 0.161. The summed E-state index contributed by atoms with van der Waals surface area (Å²) in [6, 6.07) is 0. The van der Waals surface area contributed by atoms with E-state index >= 15 is 0 Å². The lowest BCUT2D eigenvalue weighted by Crippen LogP contribution is -2.37. The molecule has 0 aliphatic rings. The highest BCUT2D eigenvalue weighted by Crippen LogP contribution is 2.14. The van der Waals surface area contributed by atoms with Crippen molar-refractivity contribution in [1.82, 2.24) is 0 Å². The van der Waals surface area contributed by atoms with Crippen molar-refractivity contribution < 1.29 is 8.85 Å². The van der Waals surface area contributed by atoms with Crippen LogP contribution < -0.4 is 0 Å². The Labute approximate surface area is 160 Å². The van der Waals surface area contributed by atoms with E-state index in [1.165, 1.54) is 83.5 Å². The van der Waals surface area contributed by atoms with Gasteiger partial charge in [0.25, 0.3) is 0 Å². The van der Waals surface area contributed by atoms with E-state index in [9.17, 15) is 0 Å². The largest absolute Gasteiger partial charge is 0.391 e. The average Bonchev–Trinajstić information content (AvgIpc) is 2.62. The van der Waals surface area contributed by atoms with Gasteiger partial charge in [0, 0.05) is 13.2 Å². The topological polar surface area (TPSA) is 18.5 Å². The molecule has 0 aliphatic carbocycles. The number of hydrogen-bond donors (Lipinski definition) is 0. The highest BCUT2D eigenvalue weighted by molar-refractivity contribution is 6.71. The molecule has 1 atom stereocenters. The van der Waals surface area contributed by atoms with Gasteiger partial charge in [-0.3, -0.25) is 0 Å². The highest BCUT2D eigenvalue weighted by atomic mass is 28.4. The number of unbranched alkanes of at least 4 members (excludes halogenated alkanes) is 13. The molecule has 0 aliphatic heterocycles. The fourth-order valence-corrected chi connectivity index (χ4v) is 4.42. The van der Waals surface area contributed by atoms with Gasteiger partial charge < -0.3 is 8.85 Å². The fourth-order valence-electron chi connectivity index (χ4n) is 3.00. The normalized spacial score (nSPS) is 13.7. The first-order valence-corrected chi connectivity index (χ1v) is 13.5. The molecule has 0 aromatic heterocycles. The van der Waals surface area contributed by atoms with Gasteiger partial charge in [0.2, 0.25) is 0 Å². The maximum Gasteiger partial charge on any atom is 0.361 e. The Morgan fingerprint density at radius 2 is 0.920 bits per heavy atom. The van der Waals surface area contributed by atoms with E-state index in [2.05, 4.69) is 27.0 Å². The summed E-state index contributed by atoms with van der Waals surface area (Å²) in [5, 5.41) is 0. The molecule has 0 rings (SSSR count). The van der Waals surface area contributed by atoms with Crippen molar-refractivity contribution in [3.63, 3.8) is 0 Å². The summed E-state index contributed by atoms with van der Waals surface area (Å²) in [5.41, 5.74) is 1.94. The second kappa shape index (κ2) is 18.7. The molecule has 25 heavy (non-hydrogen) atoms. The average molecular weight is 371 g/mol. The van der Waals surface area contributed by atoms with Crippen molar-refractivity contribution >= 4 is 8.56 Å². The molecule has 0 aromatic carbocycles. The van der Waals surface area contributed by atoms with Crippen LogP contribution in [-0.2, 0) is 8.85 Å². The van der Waals surface area contributed by atoms with Crippen molar-refractivity contribution in [3.8, 4) is 0 Å². The summed E-state index contributed by atoms with van der Waals surface area (Å²) in [6.45, 7) is 12.3. The van der Waals surface area contributed by atoms with Gasteiger partial charge in [-0.05, 0) is 25.1 Å². The van der Waals surface area contributed by atoms with Crippen LogP contribution in [0.5, 0.6) is 0 Å². The first kappa shape index (κ1) is 24.9. The van der Waals surface area contributed by atoms with Crippen LogP contribution in [0, 0.1) is 0 Å². The molecule has 0 saturated heterocycles. The molecule has 0 spiro atoms. The summed E-state index contributed by atoms with van der Waals surface area (Å²) < 4.78 is 12.2. The lowest BCUT2D eigenvalue weighted by atomic mass is 10.1. The molecule has 150 valence electrons. The molecule has 0 radical (unpaired) electrons. The van der Waals surface area contributed by atoms with Crippen LogP contribution >= 0.6 is 0 Å². The van der Waals surface area contributed by atoms with Crippen LogP contribution in [0.4, 0.5) is 0 Å². The third-order valence-electron chi connectivity index (χ3n) is 4.89. The third-order valence-corrected chi connectivity index (χ3v) is 7.19. The van der Waals surface area contributed by atoms with E-state index in [1.54, 1.807) is 0 Å².